The fourth-order valence-electron chi connectivity index (χ4n) is 2.46. The van der Waals surface area contributed by atoms with Crippen LogP contribution in [0.15, 0.2) is 57.5 Å². The molecule has 0 amide bonds. The number of nitrogens with zero attached hydrogens (tertiary/aromatic N) is 4. The number of ether oxygens (including phenoxy) is 1. The van der Waals surface area contributed by atoms with E-state index in [1.54, 1.807) is 31.4 Å². The van der Waals surface area contributed by atoms with Crippen LogP contribution in [0.1, 0.15) is 5.56 Å². The van der Waals surface area contributed by atoms with Gasteiger partial charge in [-0.25, -0.2) is 0 Å². The van der Waals surface area contributed by atoms with Gasteiger partial charge in [0.05, 0.1) is 12.4 Å². The molecule has 0 unspecified atom stereocenters. The third kappa shape index (κ3) is 2.77. The molecule has 0 fully saturated rings. The number of rotatable bonds is 4. The highest BCUT2D eigenvalue weighted by molar-refractivity contribution is 5.56. The van der Waals surface area contributed by atoms with Gasteiger partial charge in [-0.15, -0.1) is 10.2 Å². The summed E-state index contributed by atoms with van der Waals surface area (Å²) >= 11 is 0. The first kappa shape index (κ1) is 15.8. The molecule has 0 aliphatic carbocycles. The Bertz CT molecular complexity index is 1040. The van der Waals surface area contributed by atoms with Crippen LogP contribution in [-0.4, -0.2) is 22.6 Å². The summed E-state index contributed by atoms with van der Waals surface area (Å²) < 4.78 is 16.9. The van der Waals surface area contributed by atoms with Gasteiger partial charge in [-0.05, 0) is 35.9 Å². The van der Waals surface area contributed by atoms with Gasteiger partial charge in [0.15, 0.2) is 5.95 Å². The number of methoxy groups -OCH3 is 1. The Balaban J connectivity index is 1.74. The van der Waals surface area contributed by atoms with E-state index in [1.165, 1.54) is 4.68 Å². The minimum Gasteiger partial charge on any atom is -0.538 e. The molecule has 0 saturated carbocycles. The minimum atomic E-state index is -0.667. The van der Waals surface area contributed by atoms with E-state index in [4.69, 9.17) is 13.7 Å². The van der Waals surface area contributed by atoms with E-state index < -0.39 is 5.95 Å². The lowest BCUT2D eigenvalue weighted by Gasteiger charge is -1.98. The van der Waals surface area contributed by atoms with Crippen molar-refractivity contribution in [2.24, 2.45) is 0 Å². The maximum atomic E-state index is 12.1. The molecule has 0 aliphatic heterocycles. The molecule has 0 bridgehead atoms. The Hall–Kier alpha value is -3.68. The highest BCUT2D eigenvalue weighted by Gasteiger charge is 2.28. The first-order valence-electron chi connectivity index (χ1n) is 7.80. The number of benzene rings is 2. The van der Waals surface area contributed by atoms with Crippen molar-refractivity contribution in [2.75, 3.05) is 7.11 Å². The van der Waals surface area contributed by atoms with Crippen LogP contribution in [0.3, 0.4) is 0 Å². The molecule has 2 heterocycles. The molecule has 0 spiro atoms. The molecule has 4 aromatic rings. The quantitative estimate of drug-likeness (QED) is 0.519. The maximum Gasteiger partial charge on any atom is 0.327 e. The van der Waals surface area contributed by atoms with Gasteiger partial charge in [-0.2, -0.15) is 0 Å². The fourth-order valence-corrected chi connectivity index (χ4v) is 2.46. The lowest BCUT2D eigenvalue weighted by molar-refractivity contribution is -0.660. The second kappa shape index (κ2) is 6.32. The molecule has 0 radical (unpaired) electrons. The molecule has 0 atom stereocenters. The summed E-state index contributed by atoms with van der Waals surface area (Å²) in [5.41, 5.74) is 2.53. The topological polar surface area (TPSA) is 101 Å². The van der Waals surface area contributed by atoms with Crippen LogP contribution in [0.4, 0.5) is 0 Å². The fraction of sp³-hybridized carbons (Fsp3) is 0.111. The van der Waals surface area contributed by atoms with E-state index in [0.29, 0.717) is 17.3 Å². The molecular formula is C18H14N4O4. The van der Waals surface area contributed by atoms with Crippen molar-refractivity contribution in [3.05, 3.63) is 54.1 Å². The highest BCUT2D eigenvalue weighted by Crippen LogP contribution is 2.27. The number of hydrogen-bond acceptors (Lipinski definition) is 7. The highest BCUT2D eigenvalue weighted by atomic mass is 16.6. The van der Waals surface area contributed by atoms with Crippen molar-refractivity contribution < 1.29 is 23.5 Å². The predicted molar refractivity (Wildman–Crippen MR) is 87.5 cm³/mol. The summed E-state index contributed by atoms with van der Waals surface area (Å²) in [7, 11) is 1.57. The third-order valence-corrected chi connectivity index (χ3v) is 3.85. The smallest absolute Gasteiger partial charge is 0.327 e. The standard InChI is InChI=1S/C18H14N4O4/c1-11-3-5-12(6-4-11)16-19-20-17(25-16)15-18(23)26-21-22(15)13-7-9-14(24-2)10-8-13/h3-10H,1-2H3. The summed E-state index contributed by atoms with van der Waals surface area (Å²) in [5, 5.41) is 23.9. The van der Waals surface area contributed by atoms with Gasteiger partial charge in [-0.3, -0.25) is 0 Å². The molecular weight excluding hydrogens is 336 g/mol. The molecule has 0 N–H and O–H groups in total. The van der Waals surface area contributed by atoms with Gasteiger partial charge in [0.1, 0.15) is 5.75 Å². The second-order valence-electron chi connectivity index (χ2n) is 5.60. The van der Waals surface area contributed by atoms with Gasteiger partial charge in [0.25, 0.3) is 0 Å². The predicted octanol–water partition coefficient (Wildman–Crippen LogP) is 2.06. The van der Waals surface area contributed by atoms with E-state index in [0.717, 1.165) is 11.1 Å². The molecule has 2 aromatic carbocycles. The summed E-state index contributed by atoms with van der Waals surface area (Å²) in [6.45, 7) is 1.99. The lowest BCUT2D eigenvalue weighted by Crippen LogP contribution is -2.34. The van der Waals surface area contributed by atoms with Crippen LogP contribution in [-0.2, 0) is 0 Å². The molecule has 0 aliphatic rings. The summed E-state index contributed by atoms with van der Waals surface area (Å²) in [5.74, 6) is 0.352. The zero-order chi connectivity index (χ0) is 18.1. The first-order chi connectivity index (χ1) is 12.7. The molecule has 0 saturated heterocycles. The summed E-state index contributed by atoms with van der Waals surface area (Å²) in [4.78, 5) is 0. The molecule has 8 nitrogen and oxygen atoms in total. The van der Waals surface area contributed by atoms with Crippen molar-refractivity contribution in [1.82, 2.24) is 15.5 Å². The zero-order valence-electron chi connectivity index (χ0n) is 14.0. The number of aryl methyl sites for hydroxylation is 1. The van der Waals surface area contributed by atoms with Crippen molar-refractivity contribution in [3.63, 3.8) is 0 Å². The summed E-state index contributed by atoms with van der Waals surface area (Å²) in [6, 6.07) is 14.6. The third-order valence-electron chi connectivity index (χ3n) is 3.85. The van der Waals surface area contributed by atoms with E-state index >= 15 is 0 Å². The normalized spacial score (nSPS) is 10.8. The Morgan fingerprint density at radius 3 is 2.35 bits per heavy atom. The Labute approximate surface area is 148 Å². The van der Waals surface area contributed by atoms with Crippen molar-refractivity contribution in [3.8, 4) is 40.4 Å². The van der Waals surface area contributed by atoms with Gasteiger partial charge in [0.2, 0.25) is 11.6 Å². The van der Waals surface area contributed by atoms with E-state index in [2.05, 4.69) is 15.5 Å². The largest absolute Gasteiger partial charge is 0.538 e. The van der Waals surface area contributed by atoms with E-state index in [1.807, 2.05) is 31.2 Å². The Morgan fingerprint density at radius 1 is 0.962 bits per heavy atom. The second-order valence-corrected chi connectivity index (χ2v) is 5.60. The first-order valence-corrected chi connectivity index (χ1v) is 7.80. The zero-order valence-corrected chi connectivity index (χ0v) is 14.0. The maximum absolute atomic E-state index is 12.1. The minimum absolute atomic E-state index is 0.0302. The van der Waals surface area contributed by atoms with Gasteiger partial charge in [-0.1, -0.05) is 17.7 Å². The van der Waals surface area contributed by atoms with E-state index in [-0.39, 0.29) is 11.6 Å². The SMILES string of the molecule is COc1ccc(-[n+]2noc([O-])c2-c2nnc(-c3ccc(C)cc3)o2)cc1. The molecule has 26 heavy (non-hydrogen) atoms. The Kier molecular flexibility index (Phi) is 3.85. The average molecular weight is 350 g/mol. The van der Waals surface area contributed by atoms with Crippen LogP contribution < -0.4 is 14.5 Å². The monoisotopic (exact) mass is 350 g/mol. The number of aromatic nitrogens is 4. The van der Waals surface area contributed by atoms with E-state index in [9.17, 15) is 5.11 Å². The molecule has 2 aromatic heterocycles. The summed E-state index contributed by atoms with van der Waals surface area (Å²) in [6.07, 6.45) is 0. The van der Waals surface area contributed by atoms with Crippen LogP contribution in [0, 0.1) is 6.92 Å². The molecule has 8 heteroatoms. The molecule has 130 valence electrons. The number of hydrogen-bond donors (Lipinski definition) is 0. The Morgan fingerprint density at radius 2 is 1.65 bits per heavy atom. The van der Waals surface area contributed by atoms with Crippen LogP contribution in [0.2, 0.25) is 0 Å². The van der Waals surface area contributed by atoms with Crippen LogP contribution >= 0.6 is 0 Å². The van der Waals surface area contributed by atoms with Gasteiger partial charge < -0.3 is 18.8 Å². The van der Waals surface area contributed by atoms with Crippen molar-refractivity contribution in [2.45, 2.75) is 6.92 Å². The van der Waals surface area contributed by atoms with Gasteiger partial charge >= 0.3 is 11.6 Å². The van der Waals surface area contributed by atoms with Crippen LogP contribution in [0.25, 0.3) is 28.7 Å². The van der Waals surface area contributed by atoms with Crippen molar-refractivity contribution >= 4 is 0 Å². The van der Waals surface area contributed by atoms with Crippen LogP contribution in [0.5, 0.6) is 11.7 Å². The van der Waals surface area contributed by atoms with Crippen molar-refractivity contribution in [1.29, 1.82) is 0 Å². The average Bonchev–Trinajstić information content (AvgIpc) is 3.29. The molecule has 4 rings (SSSR count). The van der Waals surface area contributed by atoms with Gasteiger partial charge in [0, 0.05) is 17.7 Å². The lowest BCUT2D eigenvalue weighted by atomic mass is 10.1.